The van der Waals surface area contributed by atoms with Crippen molar-refractivity contribution in [1.29, 1.82) is 0 Å². The molecule has 2 fully saturated rings. The molecular weight excluding hydrogens is 417 g/mol. The maximum Gasteiger partial charge on any atom is 0.317 e. The molecule has 178 valence electrons. The molecule has 6 heteroatoms. The van der Waals surface area contributed by atoms with E-state index in [1.54, 1.807) is 0 Å². The smallest absolute Gasteiger partial charge is 0.317 e. The summed E-state index contributed by atoms with van der Waals surface area (Å²) in [6.07, 6.45) is 2.95. The van der Waals surface area contributed by atoms with E-state index in [2.05, 4.69) is 31.1 Å². The molecule has 33 heavy (non-hydrogen) atoms. The Balaban J connectivity index is 1.37. The van der Waals surface area contributed by atoms with Crippen LogP contribution in [-0.2, 0) is 13.0 Å². The molecule has 0 aliphatic carbocycles. The molecule has 1 spiro atoms. The van der Waals surface area contributed by atoms with E-state index < -0.39 is 0 Å². The fourth-order valence-corrected chi connectivity index (χ4v) is 4.96. The summed E-state index contributed by atoms with van der Waals surface area (Å²) in [5, 5.41) is 3.10. The number of piperidine rings is 1. The highest BCUT2D eigenvalue weighted by Gasteiger charge is 2.54. The predicted molar refractivity (Wildman–Crippen MR) is 129 cm³/mol. The van der Waals surface area contributed by atoms with Crippen LogP contribution < -0.4 is 10.1 Å². The molecule has 2 saturated heterocycles. The molecule has 0 radical (unpaired) electrons. The topological polar surface area (TPSA) is 44.8 Å². The number of likely N-dealkylation sites (tertiary alicyclic amines) is 2. The number of rotatable bonds is 7. The van der Waals surface area contributed by atoms with Gasteiger partial charge in [-0.1, -0.05) is 38.1 Å². The third-order valence-corrected chi connectivity index (χ3v) is 7.10. The summed E-state index contributed by atoms with van der Waals surface area (Å²) in [5.41, 5.74) is 2.28. The zero-order valence-corrected chi connectivity index (χ0v) is 20.0. The Morgan fingerprint density at radius 2 is 1.73 bits per heavy atom. The molecule has 0 bridgehead atoms. The van der Waals surface area contributed by atoms with Gasteiger partial charge in [-0.15, -0.1) is 0 Å². The molecule has 5 nitrogen and oxygen atoms in total. The quantitative estimate of drug-likeness (QED) is 0.660. The third-order valence-electron chi connectivity index (χ3n) is 7.10. The molecule has 2 aliphatic heterocycles. The van der Waals surface area contributed by atoms with Gasteiger partial charge in [0.15, 0.2) is 0 Å². The molecule has 1 unspecified atom stereocenters. The second-order valence-corrected chi connectivity index (χ2v) is 10.1. The highest BCUT2D eigenvalue weighted by atomic mass is 19.1. The third kappa shape index (κ3) is 5.67. The van der Waals surface area contributed by atoms with E-state index in [9.17, 15) is 9.18 Å². The van der Waals surface area contributed by atoms with Crippen LogP contribution in [0.5, 0.6) is 5.75 Å². The summed E-state index contributed by atoms with van der Waals surface area (Å²) in [5.74, 6) is 1.11. The van der Waals surface area contributed by atoms with Gasteiger partial charge in [-0.3, -0.25) is 0 Å². The number of hydrogen-bond donors (Lipinski definition) is 1. The standard InChI is InChI=1S/C27H36FN3O2/c1-20(2)18-33-24-10-6-22(7-11-24)17-29-26(32)31-19-27(12-14-30(3)15-13-27)25(31)16-21-4-8-23(28)9-5-21/h4-11,20,25H,12-19H2,1-3H3,(H,29,32). The average Bonchev–Trinajstić information content (AvgIpc) is 2.81. The van der Waals surface area contributed by atoms with Gasteiger partial charge in [-0.2, -0.15) is 0 Å². The van der Waals surface area contributed by atoms with Crippen LogP contribution in [0.15, 0.2) is 48.5 Å². The number of ether oxygens (including phenoxy) is 1. The van der Waals surface area contributed by atoms with Gasteiger partial charge in [-0.05, 0) is 80.7 Å². The maximum atomic E-state index is 13.4. The Hall–Kier alpha value is -2.60. The van der Waals surface area contributed by atoms with Crippen LogP contribution in [0.4, 0.5) is 9.18 Å². The fourth-order valence-electron chi connectivity index (χ4n) is 4.96. The predicted octanol–water partition coefficient (Wildman–Crippen LogP) is 4.71. The molecule has 1 atom stereocenters. The van der Waals surface area contributed by atoms with Crippen molar-refractivity contribution in [2.45, 2.75) is 45.7 Å². The minimum absolute atomic E-state index is 0.0215. The second kappa shape index (κ2) is 10.1. The Morgan fingerprint density at radius 1 is 1.09 bits per heavy atom. The number of nitrogens with zero attached hydrogens (tertiary/aromatic N) is 2. The Labute approximate surface area is 196 Å². The van der Waals surface area contributed by atoms with Crippen LogP contribution in [-0.4, -0.2) is 55.2 Å². The molecule has 2 aromatic rings. The molecule has 2 amide bonds. The number of carbonyl (C=O) groups excluding carboxylic acids is 1. The molecule has 4 rings (SSSR count). The number of benzene rings is 2. The summed E-state index contributed by atoms with van der Waals surface area (Å²) >= 11 is 0. The summed E-state index contributed by atoms with van der Waals surface area (Å²) in [7, 11) is 2.16. The monoisotopic (exact) mass is 453 g/mol. The summed E-state index contributed by atoms with van der Waals surface area (Å²) < 4.78 is 19.1. The molecule has 1 N–H and O–H groups in total. The van der Waals surface area contributed by atoms with Crippen LogP contribution in [0.25, 0.3) is 0 Å². The number of urea groups is 1. The van der Waals surface area contributed by atoms with Gasteiger partial charge in [0.05, 0.1) is 6.61 Å². The van der Waals surface area contributed by atoms with Crippen LogP contribution in [0.1, 0.15) is 37.8 Å². The lowest BCUT2D eigenvalue weighted by molar-refractivity contribution is -0.0777. The van der Waals surface area contributed by atoms with Gasteiger partial charge >= 0.3 is 6.03 Å². The highest BCUT2D eigenvalue weighted by molar-refractivity contribution is 5.76. The van der Waals surface area contributed by atoms with Gasteiger partial charge in [0.1, 0.15) is 11.6 Å². The van der Waals surface area contributed by atoms with Crippen molar-refractivity contribution < 1.29 is 13.9 Å². The summed E-state index contributed by atoms with van der Waals surface area (Å²) in [6.45, 7) is 8.33. The maximum absolute atomic E-state index is 13.4. The molecule has 2 aliphatic rings. The normalized spacial score (nSPS) is 20.0. The van der Waals surface area contributed by atoms with Crippen molar-refractivity contribution in [1.82, 2.24) is 15.1 Å². The van der Waals surface area contributed by atoms with Crippen LogP contribution in [0.3, 0.4) is 0 Å². The number of carbonyl (C=O) groups is 1. The van der Waals surface area contributed by atoms with Crippen molar-refractivity contribution in [3.63, 3.8) is 0 Å². The van der Waals surface area contributed by atoms with Gasteiger partial charge in [0, 0.05) is 24.5 Å². The Kier molecular flexibility index (Phi) is 7.23. The van der Waals surface area contributed by atoms with Crippen LogP contribution in [0.2, 0.25) is 0 Å². The number of amides is 2. The lowest BCUT2D eigenvalue weighted by Crippen LogP contribution is -2.70. The minimum Gasteiger partial charge on any atom is -0.493 e. The highest BCUT2D eigenvalue weighted by Crippen LogP contribution is 2.47. The van der Waals surface area contributed by atoms with Crippen molar-refractivity contribution >= 4 is 6.03 Å². The Bertz CT molecular complexity index is 921. The largest absolute Gasteiger partial charge is 0.493 e. The lowest BCUT2D eigenvalue weighted by Gasteiger charge is -2.60. The van der Waals surface area contributed by atoms with Gasteiger partial charge < -0.3 is 19.9 Å². The van der Waals surface area contributed by atoms with Crippen molar-refractivity contribution in [3.8, 4) is 5.75 Å². The van der Waals surface area contributed by atoms with E-state index in [0.29, 0.717) is 19.1 Å². The van der Waals surface area contributed by atoms with E-state index in [-0.39, 0.29) is 23.3 Å². The first kappa shape index (κ1) is 23.6. The van der Waals surface area contributed by atoms with Crippen molar-refractivity contribution in [2.75, 3.05) is 33.3 Å². The molecular formula is C27H36FN3O2. The van der Waals surface area contributed by atoms with E-state index in [1.807, 2.05) is 41.3 Å². The number of halogens is 1. The van der Waals surface area contributed by atoms with Gasteiger partial charge in [0.25, 0.3) is 0 Å². The SMILES string of the molecule is CC(C)COc1ccc(CNC(=O)N2CC3(CCN(C)CC3)C2Cc2ccc(F)cc2)cc1. The van der Waals surface area contributed by atoms with E-state index in [4.69, 9.17) is 4.74 Å². The minimum atomic E-state index is -0.225. The molecule has 0 saturated carbocycles. The number of hydrogen-bond acceptors (Lipinski definition) is 3. The first-order chi connectivity index (χ1) is 15.8. The van der Waals surface area contributed by atoms with E-state index in [0.717, 1.165) is 55.8 Å². The second-order valence-electron chi connectivity index (χ2n) is 10.1. The van der Waals surface area contributed by atoms with Gasteiger partial charge in [0.2, 0.25) is 0 Å². The lowest BCUT2D eigenvalue weighted by atomic mass is 9.63. The van der Waals surface area contributed by atoms with E-state index in [1.165, 1.54) is 12.1 Å². The zero-order chi connectivity index (χ0) is 23.4. The zero-order valence-electron chi connectivity index (χ0n) is 20.0. The van der Waals surface area contributed by atoms with Crippen LogP contribution in [0, 0.1) is 17.2 Å². The fraction of sp³-hybridized carbons (Fsp3) is 0.519. The first-order valence-electron chi connectivity index (χ1n) is 12.0. The van der Waals surface area contributed by atoms with Crippen molar-refractivity contribution in [3.05, 3.63) is 65.5 Å². The molecule has 0 aromatic heterocycles. The first-order valence-corrected chi connectivity index (χ1v) is 12.0. The average molecular weight is 454 g/mol. The Morgan fingerprint density at radius 3 is 2.36 bits per heavy atom. The molecule has 2 aromatic carbocycles. The number of nitrogens with one attached hydrogen (secondary N) is 1. The van der Waals surface area contributed by atoms with Gasteiger partial charge in [-0.25, -0.2) is 9.18 Å². The molecule has 2 heterocycles. The van der Waals surface area contributed by atoms with Crippen LogP contribution >= 0.6 is 0 Å². The van der Waals surface area contributed by atoms with Crippen molar-refractivity contribution in [2.24, 2.45) is 11.3 Å². The van der Waals surface area contributed by atoms with E-state index >= 15 is 0 Å². The summed E-state index contributed by atoms with van der Waals surface area (Å²) in [4.78, 5) is 17.4. The summed E-state index contributed by atoms with van der Waals surface area (Å²) in [6, 6.07) is 14.7.